The molecule has 0 aliphatic rings. The predicted molar refractivity (Wildman–Crippen MR) is 82.7 cm³/mol. The van der Waals surface area contributed by atoms with E-state index in [-0.39, 0.29) is 0 Å². The molecule has 0 amide bonds. The first kappa shape index (κ1) is 16.5. The second-order valence-electron chi connectivity index (χ2n) is 4.91. The van der Waals surface area contributed by atoms with Crippen LogP contribution in [0.15, 0.2) is 4.99 Å². The fourth-order valence-corrected chi connectivity index (χ4v) is 1.84. The second kappa shape index (κ2) is 9.34. The van der Waals surface area contributed by atoms with Gasteiger partial charge < -0.3 is 15.2 Å². The minimum atomic E-state index is 0.543. The summed E-state index contributed by atoms with van der Waals surface area (Å²) in [6.07, 6.45) is 5.01. The number of guanidine groups is 1. The van der Waals surface area contributed by atoms with E-state index in [1.54, 1.807) is 0 Å². The molecule has 2 N–H and O–H groups in total. The van der Waals surface area contributed by atoms with Gasteiger partial charge in [-0.1, -0.05) is 26.2 Å². The second-order valence-corrected chi connectivity index (χ2v) is 4.91. The molecule has 0 aromatic carbocycles. The molecule has 1 aromatic rings. The molecule has 6 nitrogen and oxygen atoms in total. The van der Waals surface area contributed by atoms with E-state index >= 15 is 0 Å². The van der Waals surface area contributed by atoms with Crippen LogP contribution in [0.2, 0.25) is 0 Å². The van der Waals surface area contributed by atoms with Crippen LogP contribution in [0.5, 0.6) is 0 Å². The van der Waals surface area contributed by atoms with Crippen LogP contribution in [0.4, 0.5) is 0 Å². The molecule has 0 radical (unpaired) electrons. The van der Waals surface area contributed by atoms with E-state index in [1.165, 1.54) is 25.7 Å². The SMILES string of the molecule is CCCCCCNC(=NCc1nnc(C)n1C)NCC. The lowest BCUT2D eigenvalue weighted by molar-refractivity contribution is 0.646. The quantitative estimate of drug-likeness (QED) is 0.432. The van der Waals surface area contributed by atoms with E-state index < -0.39 is 0 Å². The van der Waals surface area contributed by atoms with Gasteiger partial charge in [0.25, 0.3) is 0 Å². The Morgan fingerprint density at radius 3 is 2.55 bits per heavy atom. The summed E-state index contributed by atoms with van der Waals surface area (Å²) in [4.78, 5) is 4.55. The molecular weight excluding hydrogens is 252 g/mol. The Morgan fingerprint density at radius 2 is 1.95 bits per heavy atom. The third kappa shape index (κ3) is 5.59. The maximum absolute atomic E-state index is 4.55. The highest BCUT2D eigenvalue weighted by atomic mass is 15.3. The van der Waals surface area contributed by atoms with Gasteiger partial charge in [-0.3, -0.25) is 0 Å². The Labute approximate surface area is 122 Å². The number of hydrogen-bond donors (Lipinski definition) is 2. The summed E-state index contributed by atoms with van der Waals surface area (Å²) in [5, 5.41) is 14.8. The summed E-state index contributed by atoms with van der Waals surface area (Å²) in [7, 11) is 1.96. The molecule has 1 heterocycles. The van der Waals surface area contributed by atoms with Crippen LogP contribution in [-0.2, 0) is 13.6 Å². The Hall–Kier alpha value is -1.59. The lowest BCUT2D eigenvalue weighted by atomic mass is 10.2. The van der Waals surface area contributed by atoms with Crippen LogP contribution >= 0.6 is 0 Å². The fourth-order valence-electron chi connectivity index (χ4n) is 1.84. The summed E-state index contributed by atoms with van der Waals surface area (Å²) >= 11 is 0. The van der Waals surface area contributed by atoms with Gasteiger partial charge in [0.2, 0.25) is 0 Å². The van der Waals surface area contributed by atoms with Crippen molar-refractivity contribution in [1.29, 1.82) is 0 Å². The molecule has 0 saturated carbocycles. The van der Waals surface area contributed by atoms with Gasteiger partial charge in [-0.15, -0.1) is 10.2 Å². The highest BCUT2D eigenvalue weighted by molar-refractivity contribution is 5.79. The third-order valence-corrected chi connectivity index (χ3v) is 3.23. The van der Waals surface area contributed by atoms with Crippen molar-refractivity contribution in [2.24, 2.45) is 12.0 Å². The zero-order chi connectivity index (χ0) is 14.8. The number of nitrogens with zero attached hydrogens (tertiary/aromatic N) is 4. The van der Waals surface area contributed by atoms with Gasteiger partial charge in [-0.25, -0.2) is 4.99 Å². The summed E-state index contributed by atoms with van der Waals surface area (Å²) in [6, 6.07) is 0. The maximum atomic E-state index is 4.55. The molecule has 0 fully saturated rings. The number of hydrogen-bond acceptors (Lipinski definition) is 3. The van der Waals surface area contributed by atoms with Gasteiger partial charge >= 0.3 is 0 Å². The molecule has 0 aliphatic heterocycles. The van der Waals surface area contributed by atoms with E-state index in [0.717, 1.165) is 30.7 Å². The highest BCUT2D eigenvalue weighted by Crippen LogP contribution is 1.99. The molecule has 114 valence electrons. The molecule has 1 rings (SSSR count). The summed E-state index contributed by atoms with van der Waals surface area (Å²) < 4.78 is 1.97. The average Bonchev–Trinajstić information content (AvgIpc) is 2.76. The van der Waals surface area contributed by atoms with Crippen molar-refractivity contribution in [3.63, 3.8) is 0 Å². The van der Waals surface area contributed by atoms with Crippen LogP contribution in [0.25, 0.3) is 0 Å². The molecule has 0 spiro atoms. The molecule has 0 saturated heterocycles. The van der Waals surface area contributed by atoms with E-state index in [0.29, 0.717) is 6.54 Å². The van der Waals surface area contributed by atoms with Crippen LogP contribution < -0.4 is 10.6 Å². The third-order valence-electron chi connectivity index (χ3n) is 3.23. The number of rotatable bonds is 8. The summed E-state index contributed by atoms with van der Waals surface area (Å²) in [5.74, 6) is 2.64. The average molecular weight is 280 g/mol. The minimum Gasteiger partial charge on any atom is -0.357 e. The number of unbranched alkanes of at least 4 members (excludes halogenated alkanes) is 3. The number of aryl methyl sites for hydroxylation is 1. The summed E-state index contributed by atoms with van der Waals surface area (Å²) in [5.41, 5.74) is 0. The van der Waals surface area contributed by atoms with Crippen molar-refractivity contribution in [2.45, 2.75) is 53.0 Å². The smallest absolute Gasteiger partial charge is 0.191 e. The Kier molecular flexibility index (Phi) is 7.69. The normalized spacial score (nSPS) is 11.7. The molecule has 0 atom stereocenters. The van der Waals surface area contributed by atoms with Gasteiger partial charge in [-0.05, 0) is 20.3 Å². The molecule has 0 unspecified atom stereocenters. The maximum Gasteiger partial charge on any atom is 0.191 e. The van der Waals surface area contributed by atoms with Crippen LogP contribution in [0.3, 0.4) is 0 Å². The Morgan fingerprint density at radius 1 is 1.15 bits per heavy atom. The van der Waals surface area contributed by atoms with Crippen molar-refractivity contribution in [3.8, 4) is 0 Å². The summed E-state index contributed by atoms with van der Waals surface area (Å²) in [6.45, 7) is 8.60. The predicted octanol–water partition coefficient (Wildman–Crippen LogP) is 1.76. The van der Waals surface area contributed by atoms with Gasteiger partial charge in [0.15, 0.2) is 11.8 Å². The molecule has 1 aromatic heterocycles. The number of aromatic nitrogens is 3. The van der Waals surface area contributed by atoms with Gasteiger partial charge in [0, 0.05) is 20.1 Å². The molecule has 0 aliphatic carbocycles. The van der Waals surface area contributed by atoms with E-state index in [4.69, 9.17) is 0 Å². The van der Waals surface area contributed by atoms with E-state index in [1.807, 2.05) is 18.5 Å². The zero-order valence-corrected chi connectivity index (χ0v) is 13.2. The molecule has 20 heavy (non-hydrogen) atoms. The van der Waals surface area contributed by atoms with Crippen LogP contribution in [-0.4, -0.2) is 33.8 Å². The first-order chi connectivity index (χ1) is 9.69. The first-order valence-electron chi connectivity index (χ1n) is 7.56. The van der Waals surface area contributed by atoms with Crippen molar-refractivity contribution < 1.29 is 0 Å². The molecule has 0 bridgehead atoms. The lowest BCUT2D eigenvalue weighted by Gasteiger charge is -2.11. The highest BCUT2D eigenvalue weighted by Gasteiger charge is 2.04. The van der Waals surface area contributed by atoms with Crippen molar-refractivity contribution in [2.75, 3.05) is 13.1 Å². The molecular formula is C14H28N6. The van der Waals surface area contributed by atoms with Crippen molar-refractivity contribution in [3.05, 3.63) is 11.6 Å². The topological polar surface area (TPSA) is 67.1 Å². The van der Waals surface area contributed by atoms with Gasteiger partial charge in [-0.2, -0.15) is 0 Å². The van der Waals surface area contributed by atoms with Crippen LogP contribution in [0, 0.1) is 6.92 Å². The van der Waals surface area contributed by atoms with Gasteiger partial charge in [0.1, 0.15) is 12.4 Å². The van der Waals surface area contributed by atoms with Crippen molar-refractivity contribution >= 4 is 5.96 Å². The number of aliphatic imine (C=N–C) groups is 1. The standard InChI is InChI=1S/C14H28N6/c1-5-7-8-9-10-16-14(15-6-2)17-11-13-19-18-12(3)20(13)4/h5-11H2,1-4H3,(H2,15,16,17). The van der Waals surface area contributed by atoms with E-state index in [2.05, 4.69) is 39.7 Å². The zero-order valence-electron chi connectivity index (χ0n) is 13.2. The number of nitrogens with one attached hydrogen (secondary N) is 2. The Balaban J connectivity index is 2.44. The van der Waals surface area contributed by atoms with Crippen LogP contribution in [0.1, 0.15) is 51.2 Å². The first-order valence-corrected chi connectivity index (χ1v) is 7.56. The molecule has 6 heteroatoms. The van der Waals surface area contributed by atoms with Crippen molar-refractivity contribution in [1.82, 2.24) is 25.4 Å². The Bertz CT molecular complexity index is 410. The largest absolute Gasteiger partial charge is 0.357 e. The monoisotopic (exact) mass is 280 g/mol. The lowest BCUT2D eigenvalue weighted by Crippen LogP contribution is -2.37. The van der Waals surface area contributed by atoms with Gasteiger partial charge in [0.05, 0.1) is 0 Å². The minimum absolute atomic E-state index is 0.543. The van der Waals surface area contributed by atoms with E-state index in [9.17, 15) is 0 Å². The fraction of sp³-hybridized carbons (Fsp3) is 0.786.